The van der Waals surface area contributed by atoms with Crippen molar-refractivity contribution < 1.29 is 19.7 Å². The van der Waals surface area contributed by atoms with Crippen LogP contribution in [0.2, 0.25) is 0 Å². The van der Waals surface area contributed by atoms with Gasteiger partial charge in [-0.1, -0.05) is 19.9 Å². The Morgan fingerprint density at radius 3 is 2.50 bits per heavy atom. The molecule has 0 spiro atoms. The first kappa shape index (κ1) is 19.3. The molecule has 0 aliphatic carbocycles. The van der Waals surface area contributed by atoms with Gasteiger partial charge in [-0.2, -0.15) is 5.26 Å². The van der Waals surface area contributed by atoms with Crippen LogP contribution in [0.4, 0.5) is 5.69 Å². The van der Waals surface area contributed by atoms with E-state index >= 15 is 0 Å². The Morgan fingerprint density at radius 2 is 1.96 bits per heavy atom. The van der Waals surface area contributed by atoms with Crippen LogP contribution in [0.15, 0.2) is 42.5 Å². The third-order valence-electron chi connectivity index (χ3n) is 3.92. The minimum atomic E-state index is -1.30. The van der Waals surface area contributed by atoms with Crippen molar-refractivity contribution in [2.75, 3.05) is 18.5 Å². The molecule has 6 nitrogen and oxygen atoms in total. The number of carboxylic acids is 1. The summed E-state index contributed by atoms with van der Waals surface area (Å²) in [5.74, 6) is -0.721. The van der Waals surface area contributed by atoms with Crippen LogP contribution >= 0.6 is 0 Å². The molecule has 0 aliphatic rings. The van der Waals surface area contributed by atoms with E-state index in [1.54, 1.807) is 36.4 Å². The Bertz CT molecular complexity index is 794. The maximum atomic E-state index is 11.8. The molecule has 2 rings (SSSR count). The van der Waals surface area contributed by atoms with Gasteiger partial charge in [-0.3, -0.25) is 0 Å². The molecule has 1 atom stereocenters. The molecule has 6 heteroatoms. The third kappa shape index (κ3) is 4.74. The number of benzene rings is 2. The fourth-order valence-corrected chi connectivity index (χ4v) is 2.51. The van der Waals surface area contributed by atoms with Crippen LogP contribution in [0.25, 0.3) is 0 Å². The predicted octanol–water partition coefficient (Wildman–Crippen LogP) is 1.96. The molecule has 26 heavy (non-hydrogen) atoms. The molecule has 0 heterocycles. The lowest BCUT2D eigenvalue weighted by atomic mass is 9.96. The van der Waals surface area contributed by atoms with Crippen LogP contribution < -0.4 is 15.2 Å². The predicted molar refractivity (Wildman–Crippen MR) is 95.6 cm³/mol. The van der Waals surface area contributed by atoms with Crippen LogP contribution in [0.5, 0.6) is 5.75 Å². The van der Waals surface area contributed by atoms with Gasteiger partial charge < -0.3 is 25.1 Å². The number of nitriles is 1. The zero-order valence-electron chi connectivity index (χ0n) is 14.7. The van der Waals surface area contributed by atoms with Crippen molar-refractivity contribution in [1.29, 1.82) is 5.26 Å². The summed E-state index contributed by atoms with van der Waals surface area (Å²) in [5, 5.41) is 32.6. The second-order valence-electron chi connectivity index (χ2n) is 6.11. The minimum absolute atomic E-state index is 0.0602. The molecule has 0 fully saturated rings. The molecule has 136 valence electrons. The Hall–Kier alpha value is -3.04. The molecule has 2 N–H and O–H groups in total. The van der Waals surface area contributed by atoms with Crippen molar-refractivity contribution in [3.63, 3.8) is 0 Å². The summed E-state index contributed by atoms with van der Waals surface area (Å²) in [6, 6.07) is 12.7. The number of anilines is 1. The van der Waals surface area contributed by atoms with Crippen LogP contribution in [0.1, 0.15) is 42.5 Å². The van der Waals surface area contributed by atoms with Crippen LogP contribution in [-0.2, 0) is 4.79 Å². The van der Waals surface area contributed by atoms with Gasteiger partial charge in [-0.25, -0.2) is 0 Å². The van der Waals surface area contributed by atoms with Crippen LogP contribution in [0.3, 0.4) is 0 Å². The van der Waals surface area contributed by atoms with E-state index in [2.05, 4.69) is 5.32 Å². The summed E-state index contributed by atoms with van der Waals surface area (Å²) in [6.07, 6.45) is 0. The molecule has 0 saturated heterocycles. The number of carbonyl (C=O) groups excluding carboxylic acids is 1. The van der Waals surface area contributed by atoms with Crippen molar-refractivity contribution in [3.8, 4) is 11.8 Å². The van der Waals surface area contributed by atoms with Gasteiger partial charge in [0.05, 0.1) is 30.3 Å². The van der Waals surface area contributed by atoms with E-state index in [9.17, 15) is 9.90 Å². The number of hydrogen-bond donors (Lipinski definition) is 2. The molecular formula is C20H21N2O4-. The fourth-order valence-electron chi connectivity index (χ4n) is 2.51. The first-order valence-corrected chi connectivity index (χ1v) is 8.31. The second-order valence-corrected chi connectivity index (χ2v) is 6.11. The number of nitrogens with one attached hydrogen (secondary N) is 1. The zero-order valence-corrected chi connectivity index (χ0v) is 14.7. The minimum Gasteiger partial charge on any atom is -0.548 e. The summed E-state index contributed by atoms with van der Waals surface area (Å²) >= 11 is 0. The van der Waals surface area contributed by atoms with Crippen molar-refractivity contribution in [2.45, 2.75) is 25.8 Å². The Labute approximate surface area is 152 Å². The number of hydrogen-bond acceptors (Lipinski definition) is 6. The smallest absolute Gasteiger partial charge is 0.125 e. The molecule has 0 saturated carbocycles. The Morgan fingerprint density at radius 1 is 1.27 bits per heavy atom. The van der Waals surface area contributed by atoms with E-state index in [0.717, 1.165) is 5.56 Å². The van der Waals surface area contributed by atoms with Gasteiger partial charge in [-0.05, 0) is 47.9 Å². The van der Waals surface area contributed by atoms with Crippen LogP contribution in [-0.4, -0.2) is 24.3 Å². The molecule has 0 amide bonds. The lowest BCUT2D eigenvalue weighted by molar-refractivity contribution is -0.307. The highest BCUT2D eigenvalue weighted by Crippen LogP contribution is 2.31. The fraction of sp³-hybridized carbons (Fsp3) is 0.300. The normalized spacial score (nSPS) is 11.7. The number of aliphatic carboxylic acids is 1. The van der Waals surface area contributed by atoms with E-state index in [-0.39, 0.29) is 19.1 Å². The largest absolute Gasteiger partial charge is 0.548 e. The van der Waals surface area contributed by atoms with Gasteiger partial charge in [0.1, 0.15) is 12.4 Å². The maximum absolute atomic E-state index is 11.8. The topological polar surface area (TPSA) is 105 Å². The summed E-state index contributed by atoms with van der Waals surface area (Å²) in [6.45, 7) is 3.90. The first-order chi connectivity index (χ1) is 12.5. The third-order valence-corrected chi connectivity index (χ3v) is 3.92. The highest BCUT2D eigenvalue weighted by Gasteiger charge is 2.19. The van der Waals surface area contributed by atoms with Gasteiger partial charge in [0.15, 0.2) is 0 Å². The second kappa shape index (κ2) is 8.88. The number of carboxylic acid groups (broad SMARTS) is 1. The molecule has 1 unspecified atom stereocenters. The van der Waals surface area contributed by atoms with E-state index < -0.39 is 12.0 Å². The lowest BCUT2D eigenvalue weighted by Crippen LogP contribution is -2.34. The Kier molecular flexibility index (Phi) is 6.59. The summed E-state index contributed by atoms with van der Waals surface area (Å²) in [7, 11) is 0. The van der Waals surface area contributed by atoms with E-state index in [0.29, 0.717) is 22.6 Å². The number of rotatable bonds is 8. The number of aliphatic hydroxyl groups is 1. The van der Waals surface area contributed by atoms with Crippen molar-refractivity contribution in [2.24, 2.45) is 0 Å². The number of carbonyl (C=O) groups is 1. The number of aliphatic hydroxyl groups excluding tert-OH is 1. The molecule has 2 aromatic rings. The van der Waals surface area contributed by atoms with Gasteiger partial charge >= 0.3 is 0 Å². The van der Waals surface area contributed by atoms with Gasteiger partial charge in [0.25, 0.3) is 0 Å². The molecule has 0 radical (unpaired) electrons. The average Bonchev–Trinajstić information content (AvgIpc) is 2.64. The monoisotopic (exact) mass is 353 g/mol. The first-order valence-electron chi connectivity index (χ1n) is 8.31. The molecule has 0 bridgehead atoms. The van der Waals surface area contributed by atoms with E-state index in [1.807, 2.05) is 26.0 Å². The van der Waals surface area contributed by atoms with Crippen molar-refractivity contribution >= 4 is 11.7 Å². The Balaban J connectivity index is 2.41. The SMILES string of the molecule is CC(C)c1ccc(OCCO)c(C(Nc2ccc(C#N)cc2)C(=O)[O-])c1. The van der Waals surface area contributed by atoms with Gasteiger partial charge in [0, 0.05) is 11.3 Å². The van der Waals surface area contributed by atoms with Crippen molar-refractivity contribution in [3.05, 3.63) is 59.2 Å². The van der Waals surface area contributed by atoms with Gasteiger partial charge in [-0.15, -0.1) is 0 Å². The number of nitrogens with zero attached hydrogens (tertiary/aromatic N) is 1. The summed E-state index contributed by atoms with van der Waals surface area (Å²) in [4.78, 5) is 11.8. The van der Waals surface area contributed by atoms with Crippen LogP contribution in [0, 0.1) is 11.3 Å². The van der Waals surface area contributed by atoms with E-state index in [1.165, 1.54) is 0 Å². The molecule has 0 aliphatic heterocycles. The highest BCUT2D eigenvalue weighted by atomic mass is 16.5. The summed E-state index contributed by atoms with van der Waals surface area (Å²) < 4.78 is 5.50. The zero-order chi connectivity index (χ0) is 19.1. The van der Waals surface area contributed by atoms with Gasteiger partial charge in [0.2, 0.25) is 0 Å². The molecule has 0 aromatic heterocycles. The molecule has 2 aromatic carbocycles. The van der Waals surface area contributed by atoms with E-state index in [4.69, 9.17) is 15.1 Å². The summed E-state index contributed by atoms with van der Waals surface area (Å²) in [5.41, 5.74) is 2.41. The quantitative estimate of drug-likeness (QED) is 0.751. The maximum Gasteiger partial charge on any atom is 0.125 e. The highest BCUT2D eigenvalue weighted by molar-refractivity contribution is 5.79. The molecular weight excluding hydrogens is 332 g/mol. The standard InChI is InChI=1S/C20H22N2O4/c1-13(2)15-5-8-18(26-10-9-23)17(11-15)19(20(24)25)22-16-6-3-14(12-21)4-7-16/h3-8,11,13,19,22-23H,9-10H2,1-2H3,(H,24,25)/p-1. The average molecular weight is 353 g/mol. The lowest BCUT2D eigenvalue weighted by Gasteiger charge is -2.25. The van der Waals surface area contributed by atoms with Crippen molar-refractivity contribution in [1.82, 2.24) is 0 Å². The number of ether oxygens (including phenoxy) is 1.